The van der Waals surface area contributed by atoms with E-state index in [2.05, 4.69) is 276 Å². The Morgan fingerprint density at radius 1 is 0.183 bits per heavy atom. The van der Waals surface area contributed by atoms with Crippen LogP contribution >= 0.6 is 0 Å². The minimum absolute atomic E-state index is 0. The van der Waals surface area contributed by atoms with Crippen molar-refractivity contribution in [2.24, 2.45) is 28.7 Å². The van der Waals surface area contributed by atoms with E-state index in [1.807, 2.05) is 318 Å². The number of hydrogen-bond donors (Lipinski definition) is 7. The first-order chi connectivity index (χ1) is 56.2. The number of para-hydroxylation sites is 1. The van der Waals surface area contributed by atoms with Gasteiger partial charge in [-0.3, -0.25) is 0 Å². The highest BCUT2D eigenvalue weighted by molar-refractivity contribution is 5.83. The van der Waals surface area contributed by atoms with Gasteiger partial charge in [-0.05, 0) is 97.2 Å². The number of anilines is 1. The SMILES string of the molecule is C.C.CC.CC.CC.CC.CC.CC.CC.CC.CC.CC.CC.CC.CC.CC.CC.CC.CC.CC.CC.CN.CN.CN.CN.CN.CO.Nc1ccccc1.c1ccc(C[n+]2ccccc2)cc1.c1ccc(Cc2ccccc2)cc1.c1ccc2ccccc2c1.c1ccc2ccccc2c1.c1ccc2ccccc2c1. The Kier molecular flexibility index (Phi) is 292. The third kappa shape index (κ3) is 129. The Morgan fingerprint density at radius 2 is 0.304 bits per heavy atom. The minimum Gasteiger partial charge on any atom is -0.400 e. The van der Waals surface area contributed by atoms with E-state index in [4.69, 9.17) is 10.8 Å². The van der Waals surface area contributed by atoms with Crippen LogP contribution in [0.25, 0.3) is 32.3 Å². The predicted octanol–water partition coefficient (Wildman–Crippen LogP) is 33.3. The van der Waals surface area contributed by atoms with Gasteiger partial charge < -0.3 is 39.5 Å². The highest BCUT2D eigenvalue weighted by atomic mass is 16.2. The summed E-state index contributed by atoms with van der Waals surface area (Å²) in [5, 5.41) is 14.9. The molecule has 0 radical (unpaired) electrons. The second-order valence-corrected chi connectivity index (χ2v) is 14.6. The molecule has 11 aromatic rings. The molecule has 0 unspecified atom stereocenters. The number of aromatic nitrogens is 1. The largest absolute Gasteiger partial charge is 0.400 e. The van der Waals surface area contributed by atoms with E-state index >= 15 is 0 Å². The maximum Gasteiger partial charge on any atom is 0.173 e. The molecule has 0 aliphatic carbocycles. The van der Waals surface area contributed by atoms with Crippen LogP contribution in [0.15, 0.2) is 298 Å². The summed E-state index contributed by atoms with van der Waals surface area (Å²) in [4.78, 5) is 0. The lowest BCUT2D eigenvalue weighted by molar-refractivity contribution is -0.688. The summed E-state index contributed by atoms with van der Waals surface area (Å²) < 4.78 is 2.16. The Balaban J connectivity index is -0.0000000407. The molecule has 0 saturated heterocycles. The maximum atomic E-state index is 7.00. The summed E-state index contributed by atoms with van der Waals surface area (Å²) in [6.45, 7) is 76.9. The van der Waals surface area contributed by atoms with Gasteiger partial charge in [0.25, 0.3) is 0 Å². The molecule has 0 spiro atoms. The topological polar surface area (TPSA) is 180 Å². The molecular formula is C107H206N7O+. The van der Waals surface area contributed by atoms with Crippen molar-refractivity contribution in [3.63, 3.8) is 0 Å². The summed E-state index contributed by atoms with van der Waals surface area (Å²) in [5.41, 5.74) is 32.8. The number of nitrogens with two attached hydrogens (primary N) is 6. The van der Waals surface area contributed by atoms with Gasteiger partial charge in [0.15, 0.2) is 18.9 Å². The van der Waals surface area contributed by atoms with Crippen molar-refractivity contribution in [2.75, 3.05) is 48.1 Å². The molecule has 1 heterocycles. The van der Waals surface area contributed by atoms with Gasteiger partial charge in [0.2, 0.25) is 0 Å². The van der Waals surface area contributed by atoms with Gasteiger partial charge in [-0.15, -0.1) is 0 Å². The third-order valence-corrected chi connectivity index (χ3v) is 9.85. The molecular weight excluding hydrogens is 1400 g/mol. The molecule has 674 valence electrons. The Morgan fingerprint density at radius 3 is 0.443 bits per heavy atom. The van der Waals surface area contributed by atoms with E-state index < -0.39 is 0 Å². The maximum absolute atomic E-state index is 7.00. The van der Waals surface area contributed by atoms with E-state index in [0.29, 0.717) is 0 Å². The molecule has 0 aliphatic heterocycles. The molecule has 8 nitrogen and oxygen atoms in total. The number of pyridine rings is 1. The lowest BCUT2D eigenvalue weighted by Crippen LogP contribution is -2.32. The lowest BCUT2D eigenvalue weighted by atomic mass is 10.1. The minimum atomic E-state index is 0. The smallest absolute Gasteiger partial charge is 0.173 e. The highest BCUT2D eigenvalue weighted by Crippen LogP contribution is 2.14. The van der Waals surface area contributed by atoms with E-state index in [-0.39, 0.29) is 14.9 Å². The average Bonchev–Trinajstić information content (AvgIpc) is 0.887. The lowest BCUT2D eigenvalue weighted by Gasteiger charge is -2.00. The number of fused-ring (bicyclic) bond motifs is 3. The van der Waals surface area contributed by atoms with Crippen LogP contribution < -0.4 is 39.0 Å². The van der Waals surface area contributed by atoms with Crippen LogP contribution in [0.5, 0.6) is 0 Å². The number of rotatable bonds is 4. The van der Waals surface area contributed by atoms with Gasteiger partial charge in [0.1, 0.15) is 0 Å². The first-order valence-corrected chi connectivity index (χ1v) is 43.7. The van der Waals surface area contributed by atoms with Gasteiger partial charge >= 0.3 is 0 Å². The second kappa shape index (κ2) is 202. The van der Waals surface area contributed by atoms with Crippen LogP contribution in [0.3, 0.4) is 0 Å². The number of hydrogen-bond acceptors (Lipinski definition) is 7. The zero-order chi connectivity index (χ0) is 93.4. The molecule has 0 aliphatic rings. The molecule has 0 saturated carbocycles. The summed E-state index contributed by atoms with van der Waals surface area (Å²) in [7, 11) is 8.50. The summed E-state index contributed by atoms with van der Waals surface area (Å²) >= 11 is 0. The second-order valence-electron chi connectivity index (χ2n) is 14.6. The van der Waals surface area contributed by atoms with Crippen molar-refractivity contribution >= 4 is 38.0 Å². The molecule has 0 atom stereocenters. The van der Waals surface area contributed by atoms with Crippen molar-refractivity contribution < 1.29 is 9.67 Å². The third-order valence-electron chi connectivity index (χ3n) is 9.85. The van der Waals surface area contributed by atoms with Crippen LogP contribution in [0, 0.1) is 0 Å². The zero-order valence-electron chi connectivity index (χ0n) is 83.1. The first-order valence-electron chi connectivity index (χ1n) is 43.7. The standard InChI is InChI=1S/C13H12.C12H12N.3C10H8.C6H7N.19C2H6.5CH5N.CH4O.2CH4/c2*1-3-7-12(8-4-1)11-13-9-5-2-6-10-13;3*1-2-6-10-8-4-3-7-9(10)5-1;7-6-4-2-1-3-5-6;25*1-2;;/h2*1-10H,11H2;3*1-8H;1-5H,7H2;19*1-2H3;5*2H2,1H3;2H,1H3;2*1H4/q;+1;;;;;;;;;;;;;;;;;;;;;;;;;;;;;;;. The molecule has 10 aromatic carbocycles. The molecule has 13 N–H and O–H groups in total. The van der Waals surface area contributed by atoms with Crippen molar-refractivity contribution in [3.8, 4) is 0 Å². The first kappa shape index (κ1) is 166. The van der Waals surface area contributed by atoms with Gasteiger partial charge in [-0.25, -0.2) is 4.57 Å². The highest BCUT2D eigenvalue weighted by Gasteiger charge is 1.98. The molecule has 115 heavy (non-hydrogen) atoms. The van der Waals surface area contributed by atoms with Crippen molar-refractivity contribution in [3.05, 3.63) is 314 Å². The average molecular weight is 1610 g/mol. The molecule has 11 rings (SSSR count). The molecule has 1 aromatic heterocycles. The Hall–Kier alpha value is -8.31. The summed E-state index contributed by atoms with van der Waals surface area (Å²) in [6.07, 6.45) is 5.18. The molecule has 8 heteroatoms. The normalized spacial score (nSPS) is 6.66. The fraction of sp³-hybridized carbons (Fsp3) is 0.449. The van der Waals surface area contributed by atoms with Gasteiger partial charge in [0.05, 0.1) is 0 Å². The zero-order valence-corrected chi connectivity index (χ0v) is 83.1. The number of aliphatic hydroxyl groups is 1. The van der Waals surface area contributed by atoms with Crippen LogP contribution in [-0.4, -0.2) is 47.5 Å². The monoisotopic (exact) mass is 1610 g/mol. The van der Waals surface area contributed by atoms with Crippen LogP contribution in [-0.2, 0) is 13.0 Å². The Labute approximate surface area is 725 Å². The van der Waals surface area contributed by atoms with Crippen molar-refractivity contribution in [1.82, 2.24) is 0 Å². The predicted molar refractivity (Wildman–Crippen MR) is 558 cm³/mol. The number of nitrogen functional groups attached to an aromatic ring is 1. The van der Waals surface area contributed by atoms with Crippen LogP contribution in [0.1, 0.15) is 295 Å². The molecule has 0 amide bonds. The molecule has 0 fully saturated rings. The Bertz CT molecular complexity index is 2400. The van der Waals surface area contributed by atoms with E-state index in [9.17, 15) is 0 Å². The van der Waals surface area contributed by atoms with E-state index in [0.717, 1.165) is 25.8 Å². The van der Waals surface area contributed by atoms with Crippen LogP contribution in [0.4, 0.5) is 5.69 Å². The van der Waals surface area contributed by atoms with Gasteiger partial charge in [0, 0.05) is 30.5 Å². The quantitative estimate of drug-likeness (QED) is 0.0676. The summed E-state index contributed by atoms with van der Waals surface area (Å²) in [6, 6.07) is 97.3. The van der Waals surface area contributed by atoms with Crippen molar-refractivity contribution in [2.45, 2.75) is 291 Å². The molecule has 0 bridgehead atoms. The summed E-state index contributed by atoms with van der Waals surface area (Å²) in [5.74, 6) is 0. The van der Waals surface area contributed by atoms with Gasteiger partial charge in [-0.1, -0.05) is 539 Å². The van der Waals surface area contributed by atoms with Gasteiger partial charge in [-0.2, -0.15) is 0 Å². The number of aliphatic hydroxyl groups excluding tert-OH is 1. The fourth-order valence-electron chi connectivity index (χ4n) is 6.61. The number of nitrogens with zero attached hydrogens (tertiary/aromatic N) is 1. The fourth-order valence-corrected chi connectivity index (χ4v) is 6.61. The number of benzene rings is 10. The van der Waals surface area contributed by atoms with E-state index in [1.165, 1.54) is 84.2 Å². The van der Waals surface area contributed by atoms with E-state index in [1.54, 1.807) is 0 Å². The van der Waals surface area contributed by atoms with Crippen LogP contribution in [0.2, 0.25) is 0 Å². The van der Waals surface area contributed by atoms with Crippen molar-refractivity contribution in [1.29, 1.82) is 0 Å².